The molecule has 0 aliphatic carbocycles. The van der Waals surface area contributed by atoms with Gasteiger partial charge in [0.25, 0.3) is 0 Å². The maximum Gasteiger partial charge on any atom is 0.235 e. The molecule has 1 aliphatic rings. The second-order valence-electron chi connectivity index (χ2n) is 6.68. The van der Waals surface area contributed by atoms with Crippen LogP contribution in [0.4, 0.5) is 5.82 Å². The molecule has 150 valence electrons. The third-order valence-electron chi connectivity index (χ3n) is 4.80. The maximum atomic E-state index is 12.5. The smallest absolute Gasteiger partial charge is 0.235 e. The molecule has 0 saturated carbocycles. The number of carbonyl (C=O) groups excluding carboxylic acids is 1. The van der Waals surface area contributed by atoms with Crippen LogP contribution in [-0.4, -0.2) is 35.2 Å². The quantitative estimate of drug-likeness (QED) is 0.678. The molecular formula is C22H23N3O3S. The minimum absolute atomic E-state index is 0.0336. The normalized spacial score (nSPS) is 16.0. The Morgan fingerprint density at radius 2 is 2.00 bits per heavy atom. The number of para-hydroxylation sites is 1. The Morgan fingerprint density at radius 1 is 1.21 bits per heavy atom. The van der Waals surface area contributed by atoms with E-state index in [4.69, 9.17) is 14.6 Å². The van der Waals surface area contributed by atoms with E-state index in [0.717, 1.165) is 28.3 Å². The van der Waals surface area contributed by atoms with Crippen LogP contribution in [0, 0.1) is 6.92 Å². The molecule has 0 fully saturated rings. The van der Waals surface area contributed by atoms with Gasteiger partial charge < -0.3 is 14.8 Å². The van der Waals surface area contributed by atoms with Crippen molar-refractivity contribution in [1.29, 1.82) is 0 Å². The lowest BCUT2D eigenvalue weighted by molar-refractivity contribution is -0.113. The zero-order chi connectivity index (χ0) is 20.4. The number of nitrogens with one attached hydrogen (secondary N) is 1. The first-order valence-electron chi connectivity index (χ1n) is 9.49. The highest BCUT2D eigenvalue weighted by molar-refractivity contribution is 8.00. The van der Waals surface area contributed by atoms with Gasteiger partial charge in [-0.15, -0.1) is 11.8 Å². The van der Waals surface area contributed by atoms with Crippen LogP contribution in [0.3, 0.4) is 0 Å². The van der Waals surface area contributed by atoms with E-state index in [-0.39, 0.29) is 11.2 Å². The summed E-state index contributed by atoms with van der Waals surface area (Å²) in [6, 6.07) is 15.8. The van der Waals surface area contributed by atoms with Gasteiger partial charge in [0.1, 0.15) is 5.82 Å². The van der Waals surface area contributed by atoms with Crippen molar-refractivity contribution in [3.05, 3.63) is 65.4 Å². The lowest BCUT2D eigenvalue weighted by Gasteiger charge is -2.18. The van der Waals surface area contributed by atoms with Crippen molar-refractivity contribution in [2.45, 2.75) is 19.1 Å². The monoisotopic (exact) mass is 409 g/mol. The highest BCUT2D eigenvalue weighted by atomic mass is 32.2. The molecule has 2 heterocycles. The van der Waals surface area contributed by atoms with Gasteiger partial charge in [-0.25, -0.2) is 4.68 Å². The molecule has 6 nitrogen and oxygen atoms in total. The Kier molecular flexibility index (Phi) is 5.49. The number of benzene rings is 2. The van der Waals surface area contributed by atoms with Gasteiger partial charge in [-0.3, -0.25) is 4.79 Å². The molecule has 0 spiro atoms. The minimum atomic E-state index is -0.0500. The number of ether oxygens (including phenoxy) is 2. The van der Waals surface area contributed by atoms with E-state index in [2.05, 4.69) is 5.32 Å². The van der Waals surface area contributed by atoms with Gasteiger partial charge >= 0.3 is 0 Å². The average Bonchev–Trinajstić information content (AvgIpc) is 2.94. The SMILES string of the molecule is CCOc1ccc([C@H]2SCC(=O)Nc3c2c(C)nn3-c2ccccc2)cc1OC. The van der Waals surface area contributed by atoms with Crippen LogP contribution >= 0.6 is 11.8 Å². The van der Waals surface area contributed by atoms with E-state index < -0.39 is 0 Å². The molecule has 1 aliphatic heterocycles. The Bertz CT molecular complexity index is 1030. The number of anilines is 1. The maximum absolute atomic E-state index is 12.5. The topological polar surface area (TPSA) is 65.4 Å². The van der Waals surface area contributed by atoms with Crippen molar-refractivity contribution in [2.75, 3.05) is 24.8 Å². The summed E-state index contributed by atoms with van der Waals surface area (Å²) in [7, 11) is 1.64. The molecule has 2 aromatic carbocycles. The number of thioether (sulfide) groups is 1. The van der Waals surface area contributed by atoms with E-state index in [1.807, 2.05) is 67.1 Å². The third kappa shape index (κ3) is 3.70. The number of amides is 1. The van der Waals surface area contributed by atoms with E-state index in [0.29, 0.717) is 23.9 Å². The van der Waals surface area contributed by atoms with Crippen molar-refractivity contribution in [1.82, 2.24) is 9.78 Å². The lowest BCUT2D eigenvalue weighted by Crippen LogP contribution is -2.15. The number of hydrogen-bond acceptors (Lipinski definition) is 5. The van der Waals surface area contributed by atoms with Crippen molar-refractivity contribution in [2.24, 2.45) is 0 Å². The van der Waals surface area contributed by atoms with Gasteiger partial charge in [-0.05, 0) is 43.7 Å². The summed E-state index contributed by atoms with van der Waals surface area (Å²) >= 11 is 1.59. The van der Waals surface area contributed by atoms with Crippen LogP contribution in [0.5, 0.6) is 11.5 Å². The summed E-state index contributed by atoms with van der Waals surface area (Å²) in [5.74, 6) is 2.45. The van der Waals surface area contributed by atoms with Crippen molar-refractivity contribution >= 4 is 23.5 Å². The van der Waals surface area contributed by atoms with Gasteiger partial charge in [0.05, 0.1) is 36.1 Å². The molecule has 1 atom stereocenters. The molecule has 7 heteroatoms. The summed E-state index contributed by atoms with van der Waals surface area (Å²) in [6.07, 6.45) is 0. The minimum Gasteiger partial charge on any atom is -0.493 e. The zero-order valence-electron chi connectivity index (χ0n) is 16.6. The van der Waals surface area contributed by atoms with E-state index in [9.17, 15) is 4.79 Å². The Labute approximate surface area is 174 Å². The summed E-state index contributed by atoms with van der Waals surface area (Å²) in [4.78, 5) is 12.5. The van der Waals surface area contributed by atoms with Crippen molar-refractivity contribution in [3.8, 4) is 17.2 Å². The van der Waals surface area contributed by atoms with Gasteiger partial charge in [-0.1, -0.05) is 24.3 Å². The summed E-state index contributed by atoms with van der Waals surface area (Å²) in [6.45, 7) is 4.49. The van der Waals surface area contributed by atoms with E-state index >= 15 is 0 Å². The summed E-state index contributed by atoms with van der Waals surface area (Å²) in [5.41, 5.74) is 3.85. The third-order valence-corrected chi connectivity index (χ3v) is 6.07. The number of rotatable bonds is 5. The Balaban J connectivity index is 1.84. The van der Waals surface area contributed by atoms with Gasteiger partial charge in [-0.2, -0.15) is 5.10 Å². The first-order chi connectivity index (χ1) is 14.1. The first kappa shape index (κ1) is 19.4. The van der Waals surface area contributed by atoms with Crippen LogP contribution in [0.25, 0.3) is 5.69 Å². The molecule has 1 N–H and O–H groups in total. The molecule has 0 unspecified atom stereocenters. The number of nitrogens with zero attached hydrogens (tertiary/aromatic N) is 2. The fraction of sp³-hybridized carbons (Fsp3) is 0.273. The summed E-state index contributed by atoms with van der Waals surface area (Å²) < 4.78 is 13.0. The van der Waals surface area contributed by atoms with Crippen LogP contribution in [-0.2, 0) is 4.79 Å². The molecular weight excluding hydrogens is 386 g/mol. The van der Waals surface area contributed by atoms with Crippen LogP contribution in [0.1, 0.15) is 29.0 Å². The zero-order valence-corrected chi connectivity index (χ0v) is 17.5. The highest BCUT2D eigenvalue weighted by Crippen LogP contribution is 2.45. The van der Waals surface area contributed by atoms with Gasteiger partial charge in [0, 0.05) is 5.56 Å². The lowest BCUT2D eigenvalue weighted by atomic mass is 10.0. The van der Waals surface area contributed by atoms with Crippen LogP contribution in [0.15, 0.2) is 48.5 Å². The number of methoxy groups -OCH3 is 1. The number of fused-ring (bicyclic) bond motifs is 1. The molecule has 0 bridgehead atoms. The molecule has 29 heavy (non-hydrogen) atoms. The highest BCUT2D eigenvalue weighted by Gasteiger charge is 2.31. The fourth-order valence-corrected chi connectivity index (χ4v) is 4.70. The predicted octanol–water partition coefficient (Wildman–Crippen LogP) is 4.36. The standard InChI is InChI=1S/C22H23N3O3S/c1-4-28-17-11-10-15(12-18(17)27-3)21-20-14(2)24-25(16-8-6-5-7-9-16)22(20)23-19(26)13-29-21/h5-12,21H,4,13H2,1-3H3,(H,23,26)/t21-/m1/s1. The molecule has 0 saturated heterocycles. The second-order valence-corrected chi connectivity index (χ2v) is 7.77. The molecule has 0 radical (unpaired) electrons. The Morgan fingerprint density at radius 3 is 2.72 bits per heavy atom. The predicted molar refractivity (Wildman–Crippen MR) is 115 cm³/mol. The van der Waals surface area contributed by atoms with Crippen LogP contribution < -0.4 is 14.8 Å². The second kappa shape index (κ2) is 8.21. The Hall–Kier alpha value is -2.93. The molecule has 4 rings (SSSR count). The largest absolute Gasteiger partial charge is 0.493 e. The summed E-state index contributed by atoms with van der Waals surface area (Å²) in [5, 5.41) is 7.74. The number of aryl methyl sites for hydroxylation is 1. The molecule has 1 aromatic heterocycles. The van der Waals surface area contributed by atoms with E-state index in [1.54, 1.807) is 18.9 Å². The first-order valence-corrected chi connectivity index (χ1v) is 10.5. The molecule has 3 aromatic rings. The van der Waals surface area contributed by atoms with Crippen molar-refractivity contribution in [3.63, 3.8) is 0 Å². The molecule has 1 amide bonds. The number of hydrogen-bond donors (Lipinski definition) is 1. The average molecular weight is 410 g/mol. The number of aromatic nitrogens is 2. The van der Waals surface area contributed by atoms with E-state index in [1.165, 1.54) is 0 Å². The van der Waals surface area contributed by atoms with Crippen LogP contribution in [0.2, 0.25) is 0 Å². The number of carbonyl (C=O) groups is 1. The van der Waals surface area contributed by atoms with Crippen molar-refractivity contribution < 1.29 is 14.3 Å². The van der Waals surface area contributed by atoms with Gasteiger partial charge in [0.2, 0.25) is 5.91 Å². The van der Waals surface area contributed by atoms with Gasteiger partial charge in [0.15, 0.2) is 11.5 Å². The fourth-order valence-electron chi connectivity index (χ4n) is 3.52.